The molecule has 2 aromatic rings. The van der Waals surface area contributed by atoms with Crippen molar-refractivity contribution in [3.8, 4) is 5.75 Å². The monoisotopic (exact) mass is 424 g/mol. The van der Waals surface area contributed by atoms with E-state index in [4.69, 9.17) is 4.74 Å². The fourth-order valence-corrected chi connectivity index (χ4v) is 3.31. The summed E-state index contributed by atoms with van der Waals surface area (Å²) in [5.41, 5.74) is 4.28. The van der Waals surface area contributed by atoms with Crippen molar-refractivity contribution in [2.24, 2.45) is 5.10 Å². The van der Waals surface area contributed by atoms with Crippen molar-refractivity contribution < 1.29 is 9.53 Å². The van der Waals surface area contributed by atoms with E-state index in [0.29, 0.717) is 5.75 Å². The van der Waals surface area contributed by atoms with Gasteiger partial charge in [-0.2, -0.15) is 5.10 Å². The van der Waals surface area contributed by atoms with E-state index >= 15 is 0 Å². The number of benzene rings is 2. The van der Waals surface area contributed by atoms with Crippen LogP contribution in [0.1, 0.15) is 11.1 Å². The Morgan fingerprint density at radius 3 is 2.68 bits per heavy atom. The number of hydrazone groups is 1. The lowest BCUT2D eigenvalue weighted by molar-refractivity contribution is -0.123. The molecule has 0 saturated heterocycles. The van der Waals surface area contributed by atoms with E-state index in [1.54, 1.807) is 6.21 Å². The molecule has 0 aromatic heterocycles. The molecule has 0 aliphatic carbocycles. The fraction of sp³-hybridized carbons (Fsp3) is 0.125. The molecule has 0 fully saturated rings. The molecule has 0 heterocycles. The number of halogens is 2. The number of rotatable bonds is 5. The molecule has 6 heteroatoms. The van der Waals surface area contributed by atoms with E-state index in [0.717, 1.165) is 20.1 Å². The second kappa shape index (κ2) is 8.10. The summed E-state index contributed by atoms with van der Waals surface area (Å²) in [4.78, 5) is 11.7. The molecule has 0 bridgehead atoms. The Hall–Kier alpha value is -1.66. The van der Waals surface area contributed by atoms with Gasteiger partial charge in [-0.25, -0.2) is 5.43 Å². The molecule has 0 saturated carbocycles. The minimum Gasteiger partial charge on any atom is -0.482 e. The number of carbonyl (C=O) groups excluding carboxylic acids is 1. The van der Waals surface area contributed by atoms with Crippen molar-refractivity contribution in [3.63, 3.8) is 0 Å². The zero-order valence-corrected chi connectivity index (χ0v) is 15.0. The summed E-state index contributed by atoms with van der Waals surface area (Å²) >= 11 is 6.81. The highest BCUT2D eigenvalue weighted by atomic mass is 79.9. The lowest BCUT2D eigenvalue weighted by atomic mass is 10.2. The molecule has 2 aromatic carbocycles. The van der Waals surface area contributed by atoms with E-state index in [1.165, 1.54) is 0 Å². The van der Waals surface area contributed by atoms with Crippen LogP contribution >= 0.6 is 31.9 Å². The molecule has 4 nitrogen and oxygen atoms in total. The van der Waals surface area contributed by atoms with Gasteiger partial charge in [0.15, 0.2) is 6.61 Å². The van der Waals surface area contributed by atoms with Gasteiger partial charge in [0.05, 0.1) is 10.7 Å². The number of amides is 1. The zero-order valence-electron chi connectivity index (χ0n) is 11.8. The quantitative estimate of drug-likeness (QED) is 0.580. The molecule has 1 amide bonds. The van der Waals surface area contributed by atoms with E-state index in [9.17, 15) is 4.79 Å². The van der Waals surface area contributed by atoms with Crippen molar-refractivity contribution in [2.45, 2.75) is 6.92 Å². The van der Waals surface area contributed by atoms with Crippen molar-refractivity contribution in [1.82, 2.24) is 5.43 Å². The first-order valence-corrected chi connectivity index (χ1v) is 8.10. The Kier molecular flexibility index (Phi) is 6.15. The summed E-state index contributed by atoms with van der Waals surface area (Å²) in [6.45, 7) is 1.81. The van der Waals surface area contributed by atoms with Gasteiger partial charge in [-0.1, -0.05) is 46.3 Å². The van der Waals surface area contributed by atoms with Gasteiger partial charge in [-0.15, -0.1) is 0 Å². The SMILES string of the molecule is Cc1cc(Br)cc(Br)c1OCC(=O)N/N=C/c1ccccc1. The van der Waals surface area contributed by atoms with Gasteiger partial charge in [0.25, 0.3) is 5.91 Å². The predicted octanol–water partition coefficient (Wildman–Crippen LogP) is 4.05. The average molecular weight is 426 g/mol. The first kappa shape index (κ1) is 16.7. The normalized spacial score (nSPS) is 10.7. The second-order valence-corrected chi connectivity index (χ2v) is 6.30. The number of aryl methyl sites for hydroxylation is 1. The average Bonchev–Trinajstić information content (AvgIpc) is 2.47. The van der Waals surface area contributed by atoms with Crippen molar-refractivity contribution in [3.05, 3.63) is 62.5 Å². The maximum atomic E-state index is 11.7. The third-order valence-corrected chi connectivity index (χ3v) is 3.79. The first-order chi connectivity index (χ1) is 10.6. The summed E-state index contributed by atoms with van der Waals surface area (Å²) in [5, 5.41) is 3.89. The Morgan fingerprint density at radius 2 is 2.00 bits per heavy atom. The molecule has 114 valence electrons. The maximum absolute atomic E-state index is 11.7. The molecule has 0 unspecified atom stereocenters. The third-order valence-electron chi connectivity index (χ3n) is 2.74. The van der Waals surface area contributed by atoms with Crippen LogP contribution in [0.25, 0.3) is 0 Å². The third kappa shape index (κ3) is 4.96. The summed E-state index contributed by atoms with van der Waals surface area (Å²) in [5.74, 6) is 0.326. The molecule has 0 spiro atoms. The topological polar surface area (TPSA) is 50.7 Å². The van der Waals surface area contributed by atoms with Crippen LogP contribution in [0.3, 0.4) is 0 Å². The minimum absolute atomic E-state index is 0.104. The first-order valence-electron chi connectivity index (χ1n) is 6.51. The van der Waals surface area contributed by atoms with Gasteiger partial charge >= 0.3 is 0 Å². The lowest BCUT2D eigenvalue weighted by Crippen LogP contribution is -2.24. The van der Waals surface area contributed by atoms with Gasteiger partial charge in [0.1, 0.15) is 5.75 Å². The van der Waals surface area contributed by atoms with E-state index in [1.807, 2.05) is 49.4 Å². The number of ether oxygens (including phenoxy) is 1. The van der Waals surface area contributed by atoms with Gasteiger partial charge in [-0.3, -0.25) is 4.79 Å². The highest BCUT2D eigenvalue weighted by Gasteiger charge is 2.09. The van der Waals surface area contributed by atoms with Crippen LogP contribution in [-0.4, -0.2) is 18.7 Å². The van der Waals surface area contributed by atoms with E-state index in [-0.39, 0.29) is 12.5 Å². The molecule has 0 aliphatic rings. The van der Waals surface area contributed by atoms with Gasteiger partial charge in [0, 0.05) is 4.47 Å². The summed E-state index contributed by atoms with van der Waals surface area (Å²) in [6.07, 6.45) is 1.58. The molecule has 0 aliphatic heterocycles. The largest absolute Gasteiger partial charge is 0.482 e. The summed E-state index contributed by atoms with van der Waals surface area (Å²) < 4.78 is 7.27. The number of nitrogens with one attached hydrogen (secondary N) is 1. The fourth-order valence-electron chi connectivity index (χ4n) is 1.76. The number of hydrogen-bond acceptors (Lipinski definition) is 3. The predicted molar refractivity (Wildman–Crippen MR) is 94.3 cm³/mol. The van der Waals surface area contributed by atoms with Crippen molar-refractivity contribution in [1.29, 1.82) is 0 Å². The molecule has 1 N–H and O–H groups in total. The van der Waals surface area contributed by atoms with Crippen molar-refractivity contribution >= 4 is 44.0 Å². The molecule has 0 radical (unpaired) electrons. The van der Waals surface area contributed by atoms with Crippen LogP contribution in [0.5, 0.6) is 5.75 Å². The molecular weight excluding hydrogens is 412 g/mol. The van der Waals surface area contributed by atoms with Crippen LogP contribution in [-0.2, 0) is 4.79 Å². The van der Waals surface area contributed by atoms with Crippen LogP contribution < -0.4 is 10.2 Å². The van der Waals surface area contributed by atoms with Crippen molar-refractivity contribution in [2.75, 3.05) is 6.61 Å². The van der Waals surface area contributed by atoms with E-state index < -0.39 is 0 Å². The smallest absolute Gasteiger partial charge is 0.277 e. The van der Waals surface area contributed by atoms with Crippen LogP contribution in [0.4, 0.5) is 0 Å². The Morgan fingerprint density at radius 1 is 1.27 bits per heavy atom. The second-order valence-electron chi connectivity index (χ2n) is 4.53. The van der Waals surface area contributed by atoms with Crippen LogP contribution in [0, 0.1) is 6.92 Å². The van der Waals surface area contributed by atoms with Gasteiger partial charge in [-0.05, 0) is 46.1 Å². The zero-order chi connectivity index (χ0) is 15.9. The van der Waals surface area contributed by atoms with Crippen LogP contribution in [0.2, 0.25) is 0 Å². The Balaban J connectivity index is 1.87. The Labute approximate surface area is 145 Å². The van der Waals surface area contributed by atoms with Crippen LogP contribution in [0.15, 0.2) is 56.5 Å². The molecular formula is C16H14Br2N2O2. The summed E-state index contributed by atoms with van der Waals surface area (Å²) in [6, 6.07) is 13.3. The molecule has 0 atom stereocenters. The highest BCUT2D eigenvalue weighted by Crippen LogP contribution is 2.32. The van der Waals surface area contributed by atoms with Gasteiger partial charge in [0.2, 0.25) is 0 Å². The number of carbonyl (C=O) groups is 1. The molecule has 22 heavy (non-hydrogen) atoms. The summed E-state index contributed by atoms with van der Waals surface area (Å²) in [7, 11) is 0. The van der Waals surface area contributed by atoms with Gasteiger partial charge < -0.3 is 4.74 Å². The Bertz CT molecular complexity index is 665. The highest BCUT2D eigenvalue weighted by molar-refractivity contribution is 9.11. The number of nitrogens with zero attached hydrogens (tertiary/aromatic N) is 1. The minimum atomic E-state index is -0.318. The number of hydrogen-bond donors (Lipinski definition) is 1. The lowest BCUT2D eigenvalue weighted by Gasteiger charge is -2.10. The molecule has 2 rings (SSSR count). The van der Waals surface area contributed by atoms with E-state index in [2.05, 4.69) is 42.4 Å². The standard InChI is InChI=1S/C16H14Br2N2O2/c1-11-7-13(17)8-14(18)16(11)22-10-15(21)20-19-9-12-5-3-2-4-6-12/h2-9H,10H2,1H3,(H,20,21)/b19-9+. The maximum Gasteiger partial charge on any atom is 0.277 e.